The molecule has 4 aliphatic carbocycles. The minimum atomic E-state index is -0.323. The molecule has 4 aliphatic rings. The van der Waals surface area contributed by atoms with Crippen LogP contribution in [0.5, 0.6) is 0 Å². The smallest absolute Gasteiger partial charge is 0.307 e. The largest absolute Gasteiger partial charge is 0.466 e. The molecule has 0 aromatic rings. The van der Waals surface area contributed by atoms with Crippen molar-refractivity contribution in [3.8, 4) is 0 Å². The minimum Gasteiger partial charge on any atom is -0.466 e. The maximum atomic E-state index is 13.3. The van der Waals surface area contributed by atoms with Crippen LogP contribution in [0.4, 0.5) is 0 Å². The highest BCUT2D eigenvalue weighted by Gasteiger charge is 2.67. The van der Waals surface area contributed by atoms with E-state index in [-0.39, 0.29) is 103 Å². The van der Waals surface area contributed by atoms with Crippen LogP contribution in [-0.4, -0.2) is 69.1 Å². The number of esters is 3. The van der Waals surface area contributed by atoms with Crippen molar-refractivity contribution in [1.29, 1.82) is 0 Å². The standard InChI is InChI=1S/C43H77N3O7/c1-5-6-7-8-9-10-11-12-25-51-38(47)17-14-30(2)33-15-16-34-41-35(29-37(43(33,34)4)53-40(49)20-24-46)42(3)21-18-32(50-26-13-22-44)27-31(42)28-36(41)52-39(48)19-23-45/h30-37,41H,5-29,44-46H2,1-4H3/t30-,31+,32-,33-,34+,35+,36-,37+,41+,42+,43-/m1/s1. The molecule has 4 rings (SSSR count). The fourth-order valence-electron chi connectivity index (χ4n) is 11.6. The Labute approximate surface area is 321 Å². The summed E-state index contributed by atoms with van der Waals surface area (Å²) < 4.78 is 24.9. The van der Waals surface area contributed by atoms with Gasteiger partial charge >= 0.3 is 17.9 Å². The summed E-state index contributed by atoms with van der Waals surface area (Å²) in [6.07, 6.45) is 18.2. The topological polar surface area (TPSA) is 166 Å². The van der Waals surface area contributed by atoms with Crippen molar-refractivity contribution in [2.75, 3.05) is 32.8 Å². The van der Waals surface area contributed by atoms with Crippen LogP contribution in [0.1, 0.15) is 156 Å². The van der Waals surface area contributed by atoms with Gasteiger partial charge in [-0.1, -0.05) is 72.6 Å². The molecule has 0 bridgehead atoms. The summed E-state index contributed by atoms with van der Waals surface area (Å²) in [5, 5.41) is 0. The number of ether oxygens (including phenoxy) is 4. The fraction of sp³-hybridized carbons (Fsp3) is 0.930. The number of nitrogens with two attached hydrogens (primary N) is 3. The van der Waals surface area contributed by atoms with Gasteiger partial charge in [-0.05, 0) is 106 Å². The van der Waals surface area contributed by atoms with Crippen molar-refractivity contribution >= 4 is 17.9 Å². The zero-order chi connectivity index (χ0) is 38.4. The van der Waals surface area contributed by atoms with Gasteiger partial charge in [0, 0.05) is 37.5 Å². The van der Waals surface area contributed by atoms with Gasteiger partial charge in [-0.25, -0.2) is 0 Å². The Balaban J connectivity index is 1.49. The number of hydrogen-bond donors (Lipinski definition) is 3. The molecule has 0 spiro atoms. The predicted octanol–water partition coefficient (Wildman–Crippen LogP) is 7.22. The second kappa shape index (κ2) is 21.5. The number of fused-ring (bicyclic) bond motifs is 5. The second-order valence-electron chi connectivity index (χ2n) is 17.7. The molecular weight excluding hydrogens is 670 g/mol. The minimum absolute atomic E-state index is 0.0114. The summed E-state index contributed by atoms with van der Waals surface area (Å²) >= 11 is 0. The molecule has 0 unspecified atom stereocenters. The van der Waals surface area contributed by atoms with Crippen LogP contribution < -0.4 is 17.2 Å². The molecule has 0 aliphatic heterocycles. The zero-order valence-corrected chi connectivity index (χ0v) is 34.0. The third-order valence-electron chi connectivity index (χ3n) is 14.5. The lowest BCUT2D eigenvalue weighted by molar-refractivity contribution is -0.226. The number of rotatable bonds is 23. The molecule has 0 saturated heterocycles. The van der Waals surface area contributed by atoms with Crippen molar-refractivity contribution < 1.29 is 33.3 Å². The third-order valence-corrected chi connectivity index (χ3v) is 14.5. The number of carbonyl (C=O) groups excluding carboxylic acids is 3. The first-order chi connectivity index (χ1) is 25.5. The lowest BCUT2D eigenvalue weighted by atomic mass is 9.43. The summed E-state index contributed by atoms with van der Waals surface area (Å²) in [5.74, 6) is 0.847. The van der Waals surface area contributed by atoms with Crippen LogP contribution in [0.2, 0.25) is 0 Å². The Morgan fingerprint density at radius 2 is 1.40 bits per heavy atom. The molecule has 10 nitrogen and oxygen atoms in total. The third kappa shape index (κ3) is 11.2. The number of unbranched alkanes of at least 4 members (excludes halogenated alkanes) is 7. The normalized spacial score (nSPS) is 34.0. The molecular formula is C43H77N3O7. The van der Waals surface area contributed by atoms with Crippen LogP contribution in [0.3, 0.4) is 0 Å². The van der Waals surface area contributed by atoms with E-state index in [0.717, 1.165) is 70.6 Å². The van der Waals surface area contributed by atoms with Crippen molar-refractivity contribution in [3.63, 3.8) is 0 Å². The van der Waals surface area contributed by atoms with E-state index >= 15 is 0 Å². The SMILES string of the molecule is CCCCCCCCCCOC(=O)CC[C@@H](C)[C@H]1CC[C@H]2[C@@H]3[C@H](OC(=O)CCN)C[C@@H]4C[C@H](OCCCN)CC[C@]4(C)[C@H]3C[C@H](OC(=O)CCN)[C@]12C. The first-order valence-corrected chi connectivity index (χ1v) is 21.8. The van der Waals surface area contributed by atoms with E-state index in [0.29, 0.717) is 32.1 Å². The number of carbonyl (C=O) groups is 3. The molecule has 53 heavy (non-hydrogen) atoms. The van der Waals surface area contributed by atoms with Crippen LogP contribution in [0, 0.1) is 46.3 Å². The van der Waals surface area contributed by atoms with Crippen molar-refractivity contribution in [1.82, 2.24) is 0 Å². The van der Waals surface area contributed by atoms with Crippen LogP contribution >= 0.6 is 0 Å². The summed E-state index contributed by atoms with van der Waals surface area (Å²) in [4.78, 5) is 39.3. The van der Waals surface area contributed by atoms with E-state index in [1.165, 1.54) is 38.5 Å². The molecule has 4 fully saturated rings. The highest BCUT2D eigenvalue weighted by atomic mass is 16.6. The Bertz CT molecular complexity index is 1140. The van der Waals surface area contributed by atoms with E-state index in [1.807, 2.05) is 0 Å². The molecule has 306 valence electrons. The van der Waals surface area contributed by atoms with E-state index in [1.54, 1.807) is 0 Å². The van der Waals surface area contributed by atoms with Gasteiger partial charge in [-0.2, -0.15) is 0 Å². The van der Waals surface area contributed by atoms with Crippen LogP contribution in [0.25, 0.3) is 0 Å². The van der Waals surface area contributed by atoms with Crippen LogP contribution in [-0.2, 0) is 33.3 Å². The maximum Gasteiger partial charge on any atom is 0.307 e. The van der Waals surface area contributed by atoms with Crippen molar-refractivity contribution in [2.24, 2.45) is 63.5 Å². The Kier molecular flexibility index (Phi) is 17.9. The summed E-state index contributed by atoms with van der Waals surface area (Å²) in [6.45, 7) is 11.6. The molecule has 0 heterocycles. The molecule has 10 heteroatoms. The fourth-order valence-corrected chi connectivity index (χ4v) is 11.6. The van der Waals surface area contributed by atoms with Gasteiger partial charge < -0.3 is 36.1 Å². The average molecular weight is 748 g/mol. The second-order valence-corrected chi connectivity index (χ2v) is 17.7. The summed E-state index contributed by atoms with van der Waals surface area (Å²) in [6, 6.07) is 0. The van der Waals surface area contributed by atoms with E-state index in [2.05, 4.69) is 27.7 Å². The Hall–Kier alpha value is -1.75. The quantitative estimate of drug-likeness (QED) is 0.0552. The van der Waals surface area contributed by atoms with Gasteiger partial charge in [-0.15, -0.1) is 0 Å². The van der Waals surface area contributed by atoms with Gasteiger partial charge in [-0.3, -0.25) is 14.4 Å². The first-order valence-electron chi connectivity index (χ1n) is 21.8. The van der Waals surface area contributed by atoms with Gasteiger partial charge in [0.2, 0.25) is 0 Å². The molecule has 4 saturated carbocycles. The number of hydrogen-bond acceptors (Lipinski definition) is 10. The van der Waals surface area contributed by atoms with Gasteiger partial charge in [0.1, 0.15) is 12.2 Å². The molecule has 0 radical (unpaired) electrons. The summed E-state index contributed by atoms with van der Waals surface area (Å²) in [7, 11) is 0. The highest BCUT2D eigenvalue weighted by molar-refractivity contribution is 5.70. The lowest BCUT2D eigenvalue weighted by Crippen LogP contribution is -2.63. The highest BCUT2D eigenvalue weighted by Crippen LogP contribution is 2.69. The Morgan fingerprint density at radius 1 is 0.717 bits per heavy atom. The molecule has 0 amide bonds. The molecule has 0 aromatic carbocycles. The zero-order valence-electron chi connectivity index (χ0n) is 34.0. The lowest BCUT2D eigenvalue weighted by Gasteiger charge is -2.64. The van der Waals surface area contributed by atoms with E-state index < -0.39 is 0 Å². The Morgan fingerprint density at radius 3 is 2.08 bits per heavy atom. The molecule has 6 N–H and O–H groups in total. The molecule has 0 aromatic heterocycles. The average Bonchev–Trinajstić information content (AvgIpc) is 3.49. The monoisotopic (exact) mass is 748 g/mol. The van der Waals surface area contributed by atoms with Gasteiger partial charge in [0.05, 0.1) is 25.6 Å². The predicted molar refractivity (Wildman–Crippen MR) is 208 cm³/mol. The van der Waals surface area contributed by atoms with Gasteiger partial charge in [0.25, 0.3) is 0 Å². The van der Waals surface area contributed by atoms with Crippen molar-refractivity contribution in [3.05, 3.63) is 0 Å². The summed E-state index contributed by atoms with van der Waals surface area (Å²) in [5.41, 5.74) is 17.1. The van der Waals surface area contributed by atoms with Crippen LogP contribution in [0.15, 0.2) is 0 Å². The van der Waals surface area contributed by atoms with Crippen molar-refractivity contribution in [2.45, 2.75) is 174 Å². The maximum absolute atomic E-state index is 13.3. The molecule has 11 atom stereocenters. The first kappa shape index (κ1) is 44.0. The van der Waals surface area contributed by atoms with E-state index in [4.69, 9.17) is 36.1 Å². The van der Waals surface area contributed by atoms with E-state index in [9.17, 15) is 14.4 Å². The van der Waals surface area contributed by atoms with Gasteiger partial charge in [0.15, 0.2) is 0 Å².